The Morgan fingerprint density at radius 3 is 2.25 bits per heavy atom. The third-order valence-corrected chi connectivity index (χ3v) is 1.35. The third kappa shape index (κ3) is 9.84. The molecular weight excluding hydrogens is 209 g/mol. The zero-order valence-corrected chi connectivity index (χ0v) is 10.1. The van der Waals surface area contributed by atoms with Crippen LogP contribution in [0, 0.1) is 0 Å². The van der Waals surface area contributed by atoms with Crippen LogP contribution in [0.3, 0.4) is 0 Å². The zero-order valence-electron chi connectivity index (χ0n) is 10.1. The summed E-state index contributed by atoms with van der Waals surface area (Å²) in [4.78, 5) is 21.4. The number of nitrogens with one attached hydrogen (secondary N) is 1. The Labute approximate surface area is 107 Å². The van der Waals surface area contributed by atoms with Gasteiger partial charge in [-0.2, -0.15) is 0 Å². The van der Waals surface area contributed by atoms with Crippen molar-refractivity contribution >= 4 is 12.1 Å². The van der Waals surface area contributed by atoms with Gasteiger partial charge >= 0.3 is 25.0 Å². The van der Waals surface area contributed by atoms with Gasteiger partial charge < -0.3 is 25.1 Å². The Balaban J connectivity index is 0. The van der Waals surface area contributed by atoms with E-state index in [1.54, 1.807) is 20.8 Å². The molecule has 1 amide bonds. The monoisotopic (exact) mass is 225 g/mol. The predicted molar refractivity (Wildman–Crippen MR) is 49.9 cm³/mol. The Morgan fingerprint density at radius 2 is 1.94 bits per heavy atom. The molecule has 0 aliphatic carbocycles. The van der Waals surface area contributed by atoms with Crippen LogP contribution in [0.5, 0.6) is 0 Å². The van der Waals surface area contributed by atoms with Gasteiger partial charge in [-0.1, -0.05) is 0 Å². The van der Waals surface area contributed by atoms with Crippen LogP contribution >= 0.6 is 0 Å². The molecule has 0 saturated heterocycles. The van der Waals surface area contributed by atoms with Gasteiger partial charge in [0.25, 0.3) is 0 Å². The van der Waals surface area contributed by atoms with Crippen molar-refractivity contribution in [2.24, 2.45) is 0 Å². The summed E-state index contributed by atoms with van der Waals surface area (Å²) in [7, 11) is 0. The average molecular weight is 225 g/mol. The Bertz CT molecular complexity index is 239. The molecule has 1 atom stereocenters. The van der Waals surface area contributed by atoms with E-state index in [2.05, 4.69) is 5.32 Å². The average Bonchev–Trinajstić information content (AvgIpc) is 1.98. The van der Waals surface area contributed by atoms with Crippen molar-refractivity contribution in [3.05, 3.63) is 0 Å². The fourth-order valence-corrected chi connectivity index (χ4v) is 0.837. The number of carboxylic acids is 1. The number of amides is 1. The van der Waals surface area contributed by atoms with E-state index in [-0.39, 0.29) is 18.9 Å². The maximum absolute atomic E-state index is 11.2. The number of aliphatic carboxylic acids is 1. The first-order valence-corrected chi connectivity index (χ1v) is 4.55. The van der Waals surface area contributed by atoms with E-state index in [1.807, 2.05) is 0 Å². The molecule has 0 unspecified atom stereocenters. The molecule has 88 valence electrons. The molecule has 0 aromatic carbocycles. The van der Waals surface area contributed by atoms with Gasteiger partial charge in [-0.05, 0) is 20.8 Å². The molecule has 6 nitrogen and oxygen atoms in total. The van der Waals surface area contributed by atoms with Gasteiger partial charge in [0.1, 0.15) is 5.60 Å². The van der Waals surface area contributed by atoms with Crippen molar-refractivity contribution in [2.45, 2.75) is 38.8 Å². The van der Waals surface area contributed by atoms with Gasteiger partial charge in [-0.25, -0.2) is 4.79 Å². The van der Waals surface area contributed by atoms with E-state index in [4.69, 9.17) is 9.84 Å². The second-order valence-corrected chi connectivity index (χ2v) is 4.10. The van der Waals surface area contributed by atoms with Gasteiger partial charge in [-0.15, -0.1) is 0 Å². The largest absolute Gasteiger partial charge is 1.00 e. The maximum atomic E-state index is 11.2. The number of rotatable bonds is 4. The summed E-state index contributed by atoms with van der Waals surface area (Å²) >= 11 is 0. The smallest absolute Gasteiger partial charge is 0.550 e. The molecule has 7 heteroatoms. The van der Waals surface area contributed by atoms with Crippen LogP contribution in [0.4, 0.5) is 4.79 Å². The van der Waals surface area contributed by atoms with Crippen LogP contribution in [0.25, 0.3) is 0 Å². The van der Waals surface area contributed by atoms with Gasteiger partial charge in [0.05, 0.1) is 12.6 Å². The number of alkyl carbamates (subject to hydrolysis) is 1. The van der Waals surface area contributed by atoms with E-state index in [1.165, 1.54) is 0 Å². The van der Waals surface area contributed by atoms with Crippen molar-refractivity contribution < 1.29 is 43.4 Å². The summed E-state index contributed by atoms with van der Waals surface area (Å²) in [5.41, 5.74) is -0.661. The van der Waals surface area contributed by atoms with Crippen LogP contribution in [0.15, 0.2) is 0 Å². The minimum atomic E-state index is -1.34. The van der Waals surface area contributed by atoms with E-state index < -0.39 is 36.7 Å². The summed E-state index contributed by atoms with van der Waals surface area (Å²) < 4.78 is 4.88. The Kier molecular flexibility index (Phi) is 8.35. The van der Waals surface area contributed by atoms with Crippen molar-refractivity contribution in [3.8, 4) is 0 Å². The molecule has 0 radical (unpaired) electrons. The number of hydrogen-bond acceptors (Lipinski definition) is 5. The predicted octanol–water partition coefficient (Wildman–Crippen LogP) is -3.98. The van der Waals surface area contributed by atoms with Crippen molar-refractivity contribution in [3.63, 3.8) is 0 Å². The van der Waals surface area contributed by atoms with Crippen LogP contribution in [-0.4, -0.2) is 35.4 Å². The minimum Gasteiger partial charge on any atom is -0.550 e. The third-order valence-electron chi connectivity index (χ3n) is 1.35. The molecule has 0 aromatic rings. The summed E-state index contributed by atoms with van der Waals surface area (Å²) in [6, 6.07) is -0.884. The quantitative estimate of drug-likeness (QED) is 0.475. The first kappa shape index (κ1) is 17.7. The summed E-state index contributed by atoms with van der Waals surface area (Å²) in [6.45, 7) is 4.56. The minimum absolute atomic E-state index is 0. The van der Waals surface area contributed by atoms with Gasteiger partial charge in [0.15, 0.2) is 0 Å². The second-order valence-electron chi connectivity index (χ2n) is 4.10. The summed E-state index contributed by atoms with van der Waals surface area (Å²) in [6.07, 6.45) is -1.21. The first-order valence-electron chi connectivity index (χ1n) is 4.55. The number of hydrogen-bond donors (Lipinski definition) is 2. The molecule has 2 N–H and O–H groups in total. The maximum Gasteiger partial charge on any atom is 1.00 e. The van der Waals surface area contributed by atoms with Gasteiger partial charge in [-0.3, -0.25) is 0 Å². The molecule has 0 bridgehead atoms. The van der Waals surface area contributed by atoms with E-state index in [0.717, 1.165) is 0 Å². The molecule has 0 aliphatic heterocycles. The SMILES string of the molecule is CC(C)(C)OC(=O)N[C@H](CO)CC(=O)[O-].[Li+]. The molecule has 0 spiro atoms. The molecule has 0 heterocycles. The number of ether oxygens (including phenoxy) is 1. The van der Waals surface area contributed by atoms with Crippen molar-refractivity contribution in [1.82, 2.24) is 5.32 Å². The first-order chi connectivity index (χ1) is 6.74. The molecule has 0 saturated carbocycles. The summed E-state index contributed by atoms with van der Waals surface area (Å²) in [5, 5.41) is 21.2. The van der Waals surface area contributed by atoms with Crippen LogP contribution in [0.2, 0.25) is 0 Å². The molecule has 16 heavy (non-hydrogen) atoms. The van der Waals surface area contributed by atoms with Crippen LogP contribution < -0.4 is 29.3 Å². The van der Waals surface area contributed by atoms with E-state index in [0.29, 0.717) is 0 Å². The number of carboxylic acid groups (broad SMARTS) is 1. The fraction of sp³-hybridized carbons (Fsp3) is 0.778. The number of carbonyl (C=O) groups is 2. The number of carbonyl (C=O) groups excluding carboxylic acids is 2. The topological polar surface area (TPSA) is 98.7 Å². The number of aliphatic hydroxyl groups is 1. The fourth-order valence-electron chi connectivity index (χ4n) is 0.837. The van der Waals surface area contributed by atoms with E-state index >= 15 is 0 Å². The van der Waals surface area contributed by atoms with Gasteiger partial charge in [0, 0.05) is 12.4 Å². The second kappa shape index (κ2) is 7.55. The van der Waals surface area contributed by atoms with Crippen LogP contribution in [-0.2, 0) is 9.53 Å². The number of aliphatic hydroxyl groups excluding tert-OH is 1. The Morgan fingerprint density at radius 1 is 1.44 bits per heavy atom. The van der Waals surface area contributed by atoms with Gasteiger partial charge in [0.2, 0.25) is 0 Å². The molecule has 0 rings (SSSR count). The standard InChI is InChI=1S/C9H17NO5.Li/c1-9(2,3)15-8(14)10-6(5-11)4-7(12)13;/h6,11H,4-5H2,1-3H3,(H,10,14)(H,12,13);/q;+1/p-1/t6-;/m0./s1. The van der Waals surface area contributed by atoms with Crippen molar-refractivity contribution in [1.29, 1.82) is 0 Å². The van der Waals surface area contributed by atoms with Crippen LogP contribution in [0.1, 0.15) is 27.2 Å². The zero-order chi connectivity index (χ0) is 12.1. The van der Waals surface area contributed by atoms with E-state index in [9.17, 15) is 14.7 Å². The normalized spacial score (nSPS) is 12.2. The van der Waals surface area contributed by atoms with Crippen molar-refractivity contribution in [2.75, 3.05) is 6.61 Å². The molecule has 0 aromatic heterocycles. The molecule has 0 fully saturated rings. The Hall–Kier alpha value is -0.703. The summed E-state index contributed by atoms with van der Waals surface area (Å²) in [5.74, 6) is -1.34. The molecular formula is C9H16LiNO5. The molecule has 0 aliphatic rings.